The highest BCUT2D eigenvalue weighted by Crippen LogP contribution is 2.29. The number of hydrogen-bond donors (Lipinski definition) is 2. The summed E-state index contributed by atoms with van der Waals surface area (Å²) in [5.41, 5.74) is 0. The smallest absolute Gasteiger partial charge is 0.0587 e. The van der Waals surface area contributed by atoms with Crippen LogP contribution in [0.2, 0.25) is 0 Å². The Morgan fingerprint density at radius 2 is 2.00 bits per heavy atom. The molecule has 0 heterocycles. The van der Waals surface area contributed by atoms with E-state index in [0.29, 0.717) is 12.0 Å². The zero-order valence-electron chi connectivity index (χ0n) is 11.4. The SMILES string of the molecule is CCC(C)C(CO)NC1CCC(C)CC1C. The molecule has 96 valence electrons. The third kappa shape index (κ3) is 3.74. The first-order chi connectivity index (χ1) is 7.58. The predicted molar refractivity (Wildman–Crippen MR) is 69.4 cm³/mol. The summed E-state index contributed by atoms with van der Waals surface area (Å²) >= 11 is 0. The summed E-state index contributed by atoms with van der Waals surface area (Å²) < 4.78 is 0. The van der Waals surface area contributed by atoms with E-state index in [1.54, 1.807) is 0 Å². The van der Waals surface area contributed by atoms with Crippen molar-refractivity contribution in [3.8, 4) is 0 Å². The number of hydrogen-bond acceptors (Lipinski definition) is 2. The van der Waals surface area contributed by atoms with Gasteiger partial charge in [-0.05, 0) is 37.0 Å². The lowest BCUT2D eigenvalue weighted by molar-refractivity contribution is 0.149. The maximum absolute atomic E-state index is 9.43. The van der Waals surface area contributed by atoms with E-state index >= 15 is 0 Å². The number of aliphatic hydroxyl groups is 1. The van der Waals surface area contributed by atoms with Gasteiger partial charge in [-0.2, -0.15) is 0 Å². The first-order valence-electron chi connectivity index (χ1n) is 6.95. The normalized spacial score (nSPS) is 34.7. The van der Waals surface area contributed by atoms with Crippen molar-refractivity contribution in [2.45, 2.75) is 65.5 Å². The van der Waals surface area contributed by atoms with Gasteiger partial charge in [0.25, 0.3) is 0 Å². The van der Waals surface area contributed by atoms with Crippen molar-refractivity contribution in [3.05, 3.63) is 0 Å². The average Bonchev–Trinajstić information content (AvgIpc) is 2.27. The maximum Gasteiger partial charge on any atom is 0.0587 e. The van der Waals surface area contributed by atoms with Crippen LogP contribution in [0.4, 0.5) is 0 Å². The van der Waals surface area contributed by atoms with Gasteiger partial charge in [0.15, 0.2) is 0 Å². The average molecular weight is 227 g/mol. The number of aliphatic hydroxyl groups excluding tert-OH is 1. The predicted octanol–water partition coefficient (Wildman–Crippen LogP) is 2.81. The Balaban J connectivity index is 2.45. The molecule has 2 nitrogen and oxygen atoms in total. The van der Waals surface area contributed by atoms with Gasteiger partial charge in [-0.15, -0.1) is 0 Å². The molecule has 0 aliphatic heterocycles. The van der Waals surface area contributed by atoms with E-state index in [9.17, 15) is 5.11 Å². The minimum atomic E-state index is 0.272. The van der Waals surface area contributed by atoms with Gasteiger partial charge in [0.2, 0.25) is 0 Å². The minimum absolute atomic E-state index is 0.272. The summed E-state index contributed by atoms with van der Waals surface area (Å²) in [6.45, 7) is 9.39. The highest BCUT2D eigenvalue weighted by atomic mass is 16.3. The molecule has 16 heavy (non-hydrogen) atoms. The monoisotopic (exact) mass is 227 g/mol. The van der Waals surface area contributed by atoms with Crippen molar-refractivity contribution < 1.29 is 5.11 Å². The van der Waals surface area contributed by atoms with Crippen LogP contribution in [0.5, 0.6) is 0 Å². The molecule has 0 bridgehead atoms. The van der Waals surface area contributed by atoms with Gasteiger partial charge >= 0.3 is 0 Å². The van der Waals surface area contributed by atoms with Crippen molar-refractivity contribution in [1.29, 1.82) is 0 Å². The zero-order valence-corrected chi connectivity index (χ0v) is 11.4. The van der Waals surface area contributed by atoms with E-state index in [4.69, 9.17) is 0 Å². The van der Waals surface area contributed by atoms with Gasteiger partial charge in [-0.1, -0.05) is 34.1 Å². The number of nitrogens with one attached hydrogen (secondary N) is 1. The van der Waals surface area contributed by atoms with Crippen LogP contribution in [0.25, 0.3) is 0 Å². The fourth-order valence-electron chi connectivity index (χ4n) is 2.87. The molecule has 1 fully saturated rings. The largest absolute Gasteiger partial charge is 0.395 e. The molecule has 0 aromatic rings. The van der Waals surface area contributed by atoms with Crippen LogP contribution in [-0.4, -0.2) is 23.8 Å². The Labute approximate surface area is 101 Å². The van der Waals surface area contributed by atoms with Gasteiger partial charge in [-0.3, -0.25) is 0 Å². The lowest BCUT2D eigenvalue weighted by Gasteiger charge is -2.37. The summed E-state index contributed by atoms with van der Waals surface area (Å²) in [4.78, 5) is 0. The summed E-state index contributed by atoms with van der Waals surface area (Å²) in [7, 11) is 0. The molecule has 2 N–H and O–H groups in total. The van der Waals surface area contributed by atoms with E-state index in [1.165, 1.54) is 19.3 Å². The van der Waals surface area contributed by atoms with Gasteiger partial charge in [0, 0.05) is 12.1 Å². The summed E-state index contributed by atoms with van der Waals surface area (Å²) in [6, 6.07) is 0.896. The molecule has 5 atom stereocenters. The fourth-order valence-corrected chi connectivity index (χ4v) is 2.87. The molecular weight excluding hydrogens is 198 g/mol. The molecule has 1 aliphatic rings. The van der Waals surface area contributed by atoms with Gasteiger partial charge < -0.3 is 10.4 Å². The minimum Gasteiger partial charge on any atom is -0.395 e. The van der Waals surface area contributed by atoms with Crippen molar-refractivity contribution in [2.24, 2.45) is 17.8 Å². The highest BCUT2D eigenvalue weighted by Gasteiger charge is 2.28. The molecule has 5 unspecified atom stereocenters. The van der Waals surface area contributed by atoms with Crippen molar-refractivity contribution in [1.82, 2.24) is 5.32 Å². The number of rotatable bonds is 5. The Kier molecular flexibility index (Phi) is 5.77. The second kappa shape index (κ2) is 6.61. The first kappa shape index (κ1) is 14.0. The molecule has 0 spiro atoms. The van der Waals surface area contributed by atoms with Gasteiger partial charge in [-0.25, -0.2) is 0 Å². The third-order valence-electron chi connectivity index (χ3n) is 4.39. The molecule has 0 amide bonds. The molecular formula is C14H29NO. The second-order valence-corrected chi connectivity index (χ2v) is 5.84. The van der Waals surface area contributed by atoms with Crippen LogP contribution >= 0.6 is 0 Å². The molecule has 0 aromatic carbocycles. The van der Waals surface area contributed by atoms with Crippen LogP contribution < -0.4 is 5.32 Å². The van der Waals surface area contributed by atoms with Crippen LogP contribution in [0.1, 0.15) is 53.4 Å². The Morgan fingerprint density at radius 3 is 2.50 bits per heavy atom. The molecule has 2 heteroatoms. The van der Waals surface area contributed by atoms with E-state index in [1.807, 2.05) is 0 Å². The lowest BCUT2D eigenvalue weighted by Crippen LogP contribution is -2.48. The van der Waals surface area contributed by atoms with E-state index in [2.05, 4.69) is 33.0 Å². The first-order valence-corrected chi connectivity index (χ1v) is 6.95. The van der Waals surface area contributed by atoms with Crippen molar-refractivity contribution >= 4 is 0 Å². The van der Waals surface area contributed by atoms with Crippen LogP contribution in [0.3, 0.4) is 0 Å². The summed E-state index contributed by atoms with van der Waals surface area (Å²) in [5, 5.41) is 13.1. The highest BCUT2D eigenvalue weighted by molar-refractivity contribution is 4.85. The second-order valence-electron chi connectivity index (χ2n) is 5.84. The molecule has 0 saturated heterocycles. The molecule has 1 aliphatic carbocycles. The fraction of sp³-hybridized carbons (Fsp3) is 1.00. The Morgan fingerprint density at radius 1 is 1.31 bits per heavy atom. The Bertz CT molecular complexity index is 195. The van der Waals surface area contributed by atoms with E-state index in [-0.39, 0.29) is 12.6 Å². The molecule has 1 rings (SSSR count). The topological polar surface area (TPSA) is 32.3 Å². The van der Waals surface area contributed by atoms with Crippen LogP contribution in [0.15, 0.2) is 0 Å². The molecule has 0 aromatic heterocycles. The van der Waals surface area contributed by atoms with Gasteiger partial charge in [0.1, 0.15) is 0 Å². The Hall–Kier alpha value is -0.0800. The van der Waals surface area contributed by atoms with Gasteiger partial charge in [0.05, 0.1) is 6.61 Å². The lowest BCUT2D eigenvalue weighted by atomic mass is 9.79. The van der Waals surface area contributed by atoms with Crippen molar-refractivity contribution in [3.63, 3.8) is 0 Å². The van der Waals surface area contributed by atoms with Crippen LogP contribution in [0, 0.1) is 17.8 Å². The molecule has 0 radical (unpaired) electrons. The standard InChI is InChI=1S/C14H29NO/c1-5-11(3)14(9-16)15-13-7-6-10(2)8-12(13)4/h10-16H,5-9H2,1-4H3. The maximum atomic E-state index is 9.43. The third-order valence-corrected chi connectivity index (χ3v) is 4.39. The quantitative estimate of drug-likeness (QED) is 0.757. The van der Waals surface area contributed by atoms with Crippen molar-refractivity contribution in [2.75, 3.05) is 6.61 Å². The van der Waals surface area contributed by atoms with E-state index in [0.717, 1.165) is 18.3 Å². The summed E-state index contributed by atoms with van der Waals surface area (Å²) in [6.07, 6.45) is 5.07. The van der Waals surface area contributed by atoms with Crippen LogP contribution in [-0.2, 0) is 0 Å². The summed E-state index contributed by atoms with van der Waals surface area (Å²) in [5.74, 6) is 2.20. The van der Waals surface area contributed by atoms with E-state index < -0.39 is 0 Å². The molecule has 1 saturated carbocycles. The zero-order chi connectivity index (χ0) is 12.1.